The van der Waals surface area contributed by atoms with Crippen LogP contribution in [0.15, 0.2) is 36.7 Å². The molecule has 3 nitrogen and oxygen atoms in total. The van der Waals surface area contributed by atoms with Crippen LogP contribution in [0.1, 0.15) is 18.4 Å². The molecule has 1 aromatic carbocycles. The van der Waals surface area contributed by atoms with Crippen molar-refractivity contribution in [3.63, 3.8) is 0 Å². The first-order valence-corrected chi connectivity index (χ1v) is 6.89. The molecule has 1 aliphatic rings. The molecule has 20 heavy (non-hydrogen) atoms. The van der Waals surface area contributed by atoms with E-state index in [4.69, 9.17) is 16.3 Å². The van der Waals surface area contributed by atoms with Gasteiger partial charge >= 0.3 is 0 Å². The van der Waals surface area contributed by atoms with Crippen molar-refractivity contribution in [3.05, 3.63) is 53.1 Å². The average molecular weight is 293 g/mol. The van der Waals surface area contributed by atoms with E-state index in [-0.39, 0.29) is 11.6 Å². The number of ether oxygens (including phenoxy) is 1. The Bertz CT molecular complexity index is 617. The van der Waals surface area contributed by atoms with Crippen LogP contribution in [-0.2, 0) is 6.54 Å². The third kappa shape index (κ3) is 3.46. The highest BCUT2D eigenvalue weighted by Crippen LogP contribution is 2.26. The zero-order valence-corrected chi connectivity index (χ0v) is 11.5. The Kier molecular flexibility index (Phi) is 3.85. The van der Waals surface area contributed by atoms with Gasteiger partial charge in [-0.3, -0.25) is 4.98 Å². The van der Waals surface area contributed by atoms with Gasteiger partial charge in [0.25, 0.3) is 0 Å². The van der Waals surface area contributed by atoms with Crippen LogP contribution in [0.25, 0.3) is 0 Å². The standard InChI is InChI=1S/C15H14ClFN2O/c16-11-6-13(9-18-8-11)20-15-4-1-10(5-14(15)17)7-19-12-2-3-12/h1,4-6,8-9,12,19H,2-3,7H2. The van der Waals surface area contributed by atoms with Gasteiger partial charge in [0.2, 0.25) is 0 Å². The van der Waals surface area contributed by atoms with Gasteiger partial charge in [-0.25, -0.2) is 4.39 Å². The fourth-order valence-electron chi connectivity index (χ4n) is 1.86. The fraction of sp³-hybridized carbons (Fsp3) is 0.267. The zero-order chi connectivity index (χ0) is 13.9. The number of nitrogens with one attached hydrogen (secondary N) is 1. The van der Waals surface area contributed by atoms with E-state index in [9.17, 15) is 4.39 Å². The maximum Gasteiger partial charge on any atom is 0.166 e. The first-order valence-electron chi connectivity index (χ1n) is 6.51. The van der Waals surface area contributed by atoms with E-state index in [2.05, 4.69) is 10.3 Å². The van der Waals surface area contributed by atoms with Crippen LogP contribution in [-0.4, -0.2) is 11.0 Å². The van der Waals surface area contributed by atoms with Gasteiger partial charge in [0.05, 0.1) is 11.2 Å². The second-order valence-corrected chi connectivity index (χ2v) is 5.30. The third-order valence-corrected chi connectivity index (χ3v) is 3.28. The summed E-state index contributed by atoms with van der Waals surface area (Å²) >= 11 is 5.81. The number of hydrogen-bond donors (Lipinski definition) is 1. The summed E-state index contributed by atoms with van der Waals surface area (Å²) in [4.78, 5) is 3.89. The second-order valence-electron chi connectivity index (χ2n) is 4.86. The van der Waals surface area contributed by atoms with Crippen molar-refractivity contribution in [3.8, 4) is 11.5 Å². The molecule has 0 unspecified atom stereocenters. The Morgan fingerprint density at radius 3 is 2.85 bits per heavy atom. The van der Waals surface area contributed by atoms with Crippen molar-refractivity contribution in [2.75, 3.05) is 0 Å². The smallest absolute Gasteiger partial charge is 0.166 e. The molecular weight excluding hydrogens is 279 g/mol. The Morgan fingerprint density at radius 1 is 1.30 bits per heavy atom. The number of benzene rings is 1. The molecule has 1 saturated carbocycles. The van der Waals surface area contributed by atoms with E-state index >= 15 is 0 Å². The molecule has 5 heteroatoms. The quantitative estimate of drug-likeness (QED) is 0.907. The average Bonchev–Trinajstić information content (AvgIpc) is 3.23. The molecule has 3 rings (SSSR count). The summed E-state index contributed by atoms with van der Waals surface area (Å²) in [5.41, 5.74) is 0.908. The van der Waals surface area contributed by atoms with E-state index in [0.29, 0.717) is 23.4 Å². The highest BCUT2D eigenvalue weighted by molar-refractivity contribution is 6.30. The number of aromatic nitrogens is 1. The summed E-state index contributed by atoms with van der Waals surface area (Å²) < 4.78 is 19.4. The minimum atomic E-state index is -0.389. The Labute approximate surface area is 121 Å². The Morgan fingerprint density at radius 2 is 2.15 bits per heavy atom. The van der Waals surface area contributed by atoms with Gasteiger partial charge < -0.3 is 10.1 Å². The van der Waals surface area contributed by atoms with Crippen molar-refractivity contribution < 1.29 is 9.13 Å². The molecule has 2 aromatic rings. The summed E-state index contributed by atoms with van der Waals surface area (Å²) in [6, 6.07) is 7.16. The molecule has 1 aromatic heterocycles. The molecule has 1 aliphatic carbocycles. The molecule has 1 fully saturated rings. The van der Waals surface area contributed by atoms with Crippen molar-refractivity contribution >= 4 is 11.6 Å². The van der Waals surface area contributed by atoms with Crippen LogP contribution in [0.3, 0.4) is 0 Å². The number of hydrogen-bond acceptors (Lipinski definition) is 3. The molecular formula is C15H14ClFN2O. The maximum absolute atomic E-state index is 14.0. The molecule has 0 bridgehead atoms. The minimum absolute atomic E-state index is 0.171. The van der Waals surface area contributed by atoms with Crippen molar-refractivity contribution in [2.45, 2.75) is 25.4 Å². The number of nitrogens with zero attached hydrogens (tertiary/aromatic N) is 1. The lowest BCUT2D eigenvalue weighted by Gasteiger charge is -2.09. The summed E-state index contributed by atoms with van der Waals surface area (Å²) in [6.07, 6.45) is 5.42. The van der Waals surface area contributed by atoms with Gasteiger partial charge in [-0.05, 0) is 30.5 Å². The molecule has 0 aliphatic heterocycles. The van der Waals surface area contributed by atoms with Gasteiger partial charge in [-0.15, -0.1) is 0 Å². The molecule has 104 valence electrons. The Hall–Kier alpha value is -1.65. The Balaban J connectivity index is 1.69. The lowest BCUT2D eigenvalue weighted by molar-refractivity contribution is 0.439. The molecule has 0 amide bonds. The number of halogens is 2. The largest absolute Gasteiger partial charge is 0.453 e. The number of rotatable bonds is 5. The summed E-state index contributed by atoms with van der Waals surface area (Å²) in [5.74, 6) is 0.199. The zero-order valence-electron chi connectivity index (χ0n) is 10.8. The molecule has 1 heterocycles. The van der Waals surface area contributed by atoms with Gasteiger partial charge in [0, 0.05) is 24.8 Å². The van der Waals surface area contributed by atoms with Crippen LogP contribution in [0.4, 0.5) is 4.39 Å². The molecule has 0 radical (unpaired) electrons. The summed E-state index contributed by atoms with van der Waals surface area (Å²) in [6.45, 7) is 0.681. The van der Waals surface area contributed by atoms with Crippen molar-refractivity contribution in [2.24, 2.45) is 0 Å². The van der Waals surface area contributed by atoms with E-state index in [1.165, 1.54) is 31.3 Å². The van der Waals surface area contributed by atoms with Crippen LogP contribution in [0, 0.1) is 5.82 Å². The highest BCUT2D eigenvalue weighted by atomic mass is 35.5. The van der Waals surface area contributed by atoms with Gasteiger partial charge in [-0.2, -0.15) is 0 Å². The molecule has 0 spiro atoms. The topological polar surface area (TPSA) is 34.1 Å². The first-order chi connectivity index (χ1) is 9.70. The van der Waals surface area contributed by atoms with Crippen LogP contribution in [0.2, 0.25) is 5.02 Å². The summed E-state index contributed by atoms with van der Waals surface area (Å²) in [7, 11) is 0. The van der Waals surface area contributed by atoms with Crippen LogP contribution < -0.4 is 10.1 Å². The molecule has 0 atom stereocenters. The van der Waals surface area contributed by atoms with E-state index < -0.39 is 0 Å². The first kappa shape index (κ1) is 13.3. The van der Waals surface area contributed by atoms with E-state index in [1.807, 2.05) is 6.07 Å². The van der Waals surface area contributed by atoms with Crippen molar-refractivity contribution in [1.82, 2.24) is 10.3 Å². The van der Waals surface area contributed by atoms with E-state index in [0.717, 1.165) is 5.56 Å². The van der Waals surface area contributed by atoms with Gasteiger partial charge in [0.1, 0.15) is 5.75 Å². The predicted octanol–water partition coefficient (Wildman–Crippen LogP) is 3.92. The normalized spacial score (nSPS) is 14.3. The molecule has 0 saturated heterocycles. The predicted molar refractivity (Wildman–Crippen MR) is 75.6 cm³/mol. The fourth-order valence-corrected chi connectivity index (χ4v) is 2.03. The highest BCUT2D eigenvalue weighted by Gasteiger charge is 2.20. The SMILES string of the molecule is Fc1cc(CNC2CC2)ccc1Oc1cncc(Cl)c1. The third-order valence-electron chi connectivity index (χ3n) is 3.08. The minimum Gasteiger partial charge on any atom is -0.453 e. The van der Waals surface area contributed by atoms with Gasteiger partial charge in [-0.1, -0.05) is 17.7 Å². The lowest BCUT2D eigenvalue weighted by atomic mass is 10.2. The van der Waals surface area contributed by atoms with Crippen LogP contribution in [0.5, 0.6) is 11.5 Å². The van der Waals surface area contributed by atoms with Crippen molar-refractivity contribution in [1.29, 1.82) is 0 Å². The maximum atomic E-state index is 14.0. The number of pyridine rings is 1. The summed E-state index contributed by atoms with van der Waals surface area (Å²) in [5, 5.41) is 3.79. The monoisotopic (exact) mass is 292 g/mol. The second kappa shape index (κ2) is 5.77. The van der Waals surface area contributed by atoms with Gasteiger partial charge in [0.15, 0.2) is 11.6 Å². The van der Waals surface area contributed by atoms with E-state index in [1.54, 1.807) is 12.1 Å². The molecule has 1 N–H and O–H groups in total. The lowest BCUT2D eigenvalue weighted by Crippen LogP contribution is -2.15. The van der Waals surface area contributed by atoms with Crippen LogP contribution >= 0.6 is 11.6 Å².